The summed E-state index contributed by atoms with van der Waals surface area (Å²) in [4.78, 5) is 20.7. The molecule has 0 radical (unpaired) electrons. The zero-order chi connectivity index (χ0) is 16.7. The molecule has 7 heteroatoms. The molecule has 0 unspecified atom stereocenters. The van der Waals surface area contributed by atoms with Crippen LogP contribution in [0.5, 0.6) is 5.75 Å². The van der Waals surface area contributed by atoms with Gasteiger partial charge in [-0.2, -0.15) is 0 Å². The van der Waals surface area contributed by atoms with E-state index in [1.807, 2.05) is 0 Å². The van der Waals surface area contributed by atoms with Gasteiger partial charge in [0.05, 0.1) is 35.5 Å². The highest BCUT2D eigenvalue weighted by Gasteiger charge is 2.08. The van der Waals surface area contributed by atoms with E-state index < -0.39 is 5.97 Å². The number of rotatable bonds is 6. The van der Waals surface area contributed by atoms with Gasteiger partial charge in [0.25, 0.3) is 0 Å². The Balaban J connectivity index is 2.09. The van der Waals surface area contributed by atoms with Gasteiger partial charge in [-0.1, -0.05) is 29.3 Å². The molecular formula is C16H14Cl2N2O3. The minimum atomic E-state index is -0.423. The Morgan fingerprint density at radius 1 is 1.30 bits per heavy atom. The lowest BCUT2D eigenvalue weighted by atomic mass is 10.1. The standard InChI is InChI=1S/C16H14Cl2N2O3/c1-22-20-15(11-4-5-13(17)14(18)9-11)6-7-16(21)23-12-3-2-8-19-10-12/h2-6,8-10,20H,7H2,1H3/b15-6-. The Labute approximate surface area is 143 Å². The van der Waals surface area contributed by atoms with Gasteiger partial charge in [0.1, 0.15) is 5.75 Å². The van der Waals surface area contributed by atoms with Crippen molar-refractivity contribution < 1.29 is 14.4 Å². The monoisotopic (exact) mass is 352 g/mol. The van der Waals surface area contributed by atoms with Crippen LogP contribution >= 0.6 is 23.2 Å². The first-order valence-corrected chi connectivity index (χ1v) is 7.41. The fourth-order valence-corrected chi connectivity index (χ4v) is 2.06. The zero-order valence-corrected chi connectivity index (χ0v) is 13.8. The first-order valence-electron chi connectivity index (χ1n) is 6.65. The number of carbonyl (C=O) groups excluding carboxylic acids is 1. The molecule has 0 aliphatic rings. The lowest BCUT2D eigenvalue weighted by Crippen LogP contribution is -2.12. The minimum Gasteiger partial charge on any atom is -0.425 e. The van der Waals surface area contributed by atoms with Crippen LogP contribution in [0.25, 0.3) is 5.70 Å². The summed E-state index contributed by atoms with van der Waals surface area (Å²) < 4.78 is 5.16. The van der Waals surface area contributed by atoms with Crippen molar-refractivity contribution in [2.24, 2.45) is 0 Å². The van der Waals surface area contributed by atoms with Gasteiger partial charge in [-0.15, -0.1) is 0 Å². The summed E-state index contributed by atoms with van der Waals surface area (Å²) in [5, 5.41) is 0.856. The van der Waals surface area contributed by atoms with Crippen LogP contribution in [0.3, 0.4) is 0 Å². The van der Waals surface area contributed by atoms with E-state index in [9.17, 15) is 4.79 Å². The molecule has 23 heavy (non-hydrogen) atoms. The van der Waals surface area contributed by atoms with Crippen LogP contribution in [0.15, 0.2) is 48.8 Å². The normalized spacial score (nSPS) is 11.2. The highest BCUT2D eigenvalue weighted by Crippen LogP contribution is 2.25. The lowest BCUT2D eigenvalue weighted by molar-refractivity contribution is -0.133. The number of benzene rings is 1. The number of hydrogen-bond donors (Lipinski definition) is 1. The van der Waals surface area contributed by atoms with Crippen LogP contribution in [-0.4, -0.2) is 18.1 Å². The van der Waals surface area contributed by atoms with Crippen LogP contribution in [0.1, 0.15) is 12.0 Å². The predicted molar refractivity (Wildman–Crippen MR) is 89.1 cm³/mol. The number of hydrogen-bond acceptors (Lipinski definition) is 5. The molecular weight excluding hydrogens is 339 g/mol. The number of nitrogens with one attached hydrogen (secondary N) is 1. The number of ether oxygens (including phenoxy) is 1. The Hall–Kier alpha value is -2.08. The van der Waals surface area contributed by atoms with Gasteiger partial charge >= 0.3 is 5.97 Å². The Morgan fingerprint density at radius 2 is 2.13 bits per heavy atom. The molecule has 1 aromatic heterocycles. The molecule has 0 spiro atoms. The minimum absolute atomic E-state index is 0.0425. The largest absolute Gasteiger partial charge is 0.425 e. The van der Waals surface area contributed by atoms with Crippen molar-refractivity contribution in [3.05, 3.63) is 64.4 Å². The molecule has 1 N–H and O–H groups in total. The predicted octanol–water partition coefficient (Wildman–Crippen LogP) is 3.88. The van der Waals surface area contributed by atoms with E-state index in [4.69, 9.17) is 32.8 Å². The van der Waals surface area contributed by atoms with Gasteiger partial charge in [-0.05, 0) is 30.3 Å². The number of carbonyl (C=O) groups is 1. The molecule has 0 saturated heterocycles. The quantitative estimate of drug-likeness (QED) is 0.631. The zero-order valence-electron chi connectivity index (χ0n) is 12.3. The first-order chi connectivity index (χ1) is 11.1. The fraction of sp³-hybridized carbons (Fsp3) is 0.125. The second kappa shape index (κ2) is 8.53. The topological polar surface area (TPSA) is 60.5 Å². The lowest BCUT2D eigenvalue weighted by Gasteiger charge is -2.10. The molecule has 0 fully saturated rings. The van der Waals surface area contributed by atoms with Crippen molar-refractivity contribution >= 4 is 34.9 Å². The third-order valence-corrected chi connectivity index (χ3v) is 3.52. The van der Waals surface area contributed by atoms with E-state index in [0.717, 1.165) is 5.56 Å². The molecule has 0 aliphatic carbocycles. The molecule has 2 rings (SSSR count). The average molecular weight is 353 g/mol. The molecule has 0 aliphatic heterocycles. The molecule has 0 amide bonds. The van der Waals surface area contributed by atoms with E-state index in [1.165, 1.54) is 13.3 Å². The molecule has 0 atom stereocenters. The van der Waals surface area contributed by atoms with E-state index in [1.54, 1.807) is 42.6 Å². The molecule has 120 valence electrons. The van der Waals surface area contributed by atoms with Gasteiger partial charge in [0, 0.05) is 11.8 Å². The van der Waals surface area contributed by atoms with Crippen LogP contribution < -0.4 is 10.2 Å². The van der Waals surface area contributed by atoms with Gasteiger partial charge in [-0.3, -0.25) is 20.1 Å². The number of esters is 1. The molecule has 2 aromatic rings. The molecule has 0 bridgehead atoms. The van der Waals surface area contributed by atoms with Crippen LogP contribution in [0, 0.1) is 0 Å². The number of pyridine rings is 1. The van der Waals surface area contributed by atoms with Gasteiger partial charge in [-0.25, -0.2) is 0 Å². The smallest absolute Gasteiger partial charge is 0.315 e. The average Bonchev–Trinajstić information content (AvgIpc) is 2.55. The van der Waals surface area contributed by atoms with Crippen molar-refractivity contribution in [3.63, 3.8) is 0 Å². The number of aromatic nitrogens is 1. The second-order valence-corrected chi connectivity index (χ2v) is 5.23. The summed E-state index contributed by atoms with van der Waals surface area (Å²) in [7, 11) is 1.47. The van der Waals surface area contributed by atoms with E-state index in [2.05, 4.69) is 10.5 Å². The van der Waals surface area contributed by atoms with E-state index in [-0.39, 0.29) is 6.42 Å². The maximum Gasteiger partial charge on any atom is 0.315 e. The highest BCUT2D eigenvalue weighted by molar-refractivity contribution is 6.42. The summed E-state index contributed by atoms with van der Waals surface area (Å²) in [6.07, 6.45) is 4.75. The maximum atomic E-state index is 11.9. The third kappa shape index (κ3) is 5.25. The second-order valence-electron chi connectivity index (χ2n) is 4.42. The van der Waals surface area contributed by atoms with Crippen molar-refractivity contribution in [2.75, 3.05) is 7.11 Å². The van der Waals surface area contributed by atoms with E-state index in [0.29, 0.717) is 21.5 Å². The Morgan fingerprint density at radius 3 is 2.78 bits per heavy atom. The number of hydroxylamine groups is 1. The van der Waals surface area contributed by atoms with Crippen molar-refractivity contribution in [2.45, 2.75) is 6.42 Å². The van der Waals surface area contributed by atoms with Gasteiger partial charge in [0.15, 0.2) is 0 Å². The third-order valence-electron chi connectivity index (χ3n) is 2.78. The van der Waals surface area contributed by atoms with Crippen molar-refractivity contribution in [1.29, 1.82) is 0 Å². The maximum absolute atomic E-state index is 11.9. The fourth-order valence-electron chi connectivity index (χ4n) is 1.76. The molecule has 1 aromatic carbocycles. The van der Waals surface area contributed by atoms with E-state index >= 15 is 0 Å². The first kappa shape index (κ1) is 17.3. The SMILES string of the molecule is CON/C(=C\CC(=O)Oc1cccnc1)c1ccc(Cl)c(Cl)c1. The van der Waals surface area contributed by atoms with Crippen molar-refractivity contribution in [1.82, 2.24) is 10.5 Å². The summed E-state index contributed by atoms with van der Waals surface area (Å²) in [5.74, 6) is -0.0323. The van der Waals surface area contributed by atoms with Crippen LogP contribution in [-0.2, 0) is 9.63 Å². The van der Waals surface area contributed by atoms with Crippen LogP contribution in [0.4, 0.5) is 0 Å². The Bertz CT molecular complexity index is 706. The molecule has 0 saturated carbocycles. The summed E-state index contributed by atoms with van der Waals surface area (Å²) in [6, 6.07) is 8.44. The van der Waals surface area contributed by atoms with Gasteiger partial charge in [0.2, 0.25) is 0 Å². The summed E-state index contributed by atoms with van der Waals surface area (Å²) in [6.45, 7) is 0. The summed E-state index contributed by atoms with van der Waals surface area (Å²) >= 11 is 11.9. The van der Waals surface area contributed by atoms with Crippen molar-refractivity contribution in [3.8, 4) is 5.75 Å². The Kier molecular flexibility index (Phi) is 6.40. The summed E-state index contributed by atoms with van der Waals surface area (Å²) in [5.41, 5.74) is 4.01. The number of halogens is 2. The molecule has 1 heterocycles. The highest BCUT2D eigenvalue weighted by atomic mass is 35.5. The molecule has 5 nitrogen and oxygen atoms in total. The van der Waals surface area contributed by atoms with Crippen LogP contribution in [0.2, 0.25) is 10.0 Å². The van der Waals surface area contributed by atoms with Gasteiger partial charge < -0.3 is 4.74 Å². The number of nitrogens with zero attached hydrogens (tertiary/aromatic N) is 1.